The van der Waals surface area contributed by atoms with E-state index in [0.717, 1.165) is 25.9 Å². The van der Waals surface area contributed by atoms with Crippen molar-refractivity contribution in [2.75, 3.05) is 39.3 Å². The molecule has 2 fully saturated rings. The van der Waals surface area contributed by atoms with Gasteiger partial charge in [0, 0.05) is 38.3 Å². The van der Waals surface area contributed by atoms with Crippen LogP contribution in [-0.4, -0.2) is 99.6 Å². The lowest BCUT2D eigenvalue weighted by molar-refractivity contribution is -0.159. The molecule has 0 aromatic heterocycles. The molecule has 0 aromatic carbocycles. The van der Waals surface area contributed by atoms with Gasteiger partial charge in [0.25, 0.3) is 0 Å². The van der Waals surface area contributed by atoms with Crippen LogP contribution in [0.5, 0.6) is 0 Å². The summed E-state index contributed by atoms with van der Waals surface area (Å²) in [5.74, 6) is -3.68. The van der Waals surface area contributed by atoms with Gasteiger partial charge in [0.1, 0.15) is 6.04 Å². The maximum absolute atomic E-state index is 12.3. The van der Waals surface area contributed by atoms with Gasteiger partial charge in [-0.2, -0.15) is 5.26 Å². The van der Waals surface area contributed by atoms with Crippen molar-refractivity contribution in [3.05, 3.63) is 0 Å². The van der Waals surface area contributed by atoms with E-state index in [-0.39, 0.29) is 30.1 Å². The Kier molecular flexibility index (Phi) is 8.85. The molecule has 2 saturated heterocycles. The van der Waals surface area contributed by atoms with Crippen molar-refractivity contribution in [2.24, 2.45) is 0 Å². The molecule has 162 valence electrons. The Labute approximate surface area is 169 Å². The molecule has 2 heterocycles. The smallest absolute Gasteiger partial charge is 0.414 e. The molecule has 0 spiro atoms. The predicted molar refractivity (Wildman–Crippen MR) is 102 cm³/mol. The average Bonchev–Trinajstić information content (AvgIpc) is 3.25. The zero-order valence-electron chi connectivity index (χ0n) is 17.1. The molecule has 2 rings (SSSR count). The zero-order chi connectivity index (χ0) is 22.2. The zero-order valence-corrected chi connectivity index (χ0v) is 17.1. The number of aliphatic carboxylic acids is 2. The Morgan fingerprint density at radius 1 is 1.17 bits per heavy atom. The van der Waals surface area contributed by atoms with Crippen molar-refractivity contribution in [1.29, 1.82) is 5.26 Å². The van der Waals surface area contributed by atoms with E-state index in [1.807, 2.05) is 30.6 Å². The largest absolute Gasteiger partial charge is 0.473 e. The van der Waals surface area contributed by atoms with Gasteiger partial charge >= 0.3 is 18.0 Å². The van der Waals surface area contributed by atoms with E-state index in [2.05, 4.69) is 11.4 Å². The Morgan fingerprint density at radius 2 is 1.79 bits per heavy atom. The van der Waals surface area contributed by atoms with Gasteiger partial charge in [-0.25, -0.2) is 14.4 Å². The highest BCUT2D eigenvalue weighted by atomic mass is 16.4. The van der Waals surface area contributed by atoms with Crippen molar-refractivity contribution in [2.45, 2.75) is 45.2 Å². The maximum Gasteiger partial charge on any atom is 0.414 e. The van der Waals surface area contributed by atoms with Crippen LogP contribution in [0.3, 0.4) is 0 Å². The number of carboxylic acids is 2. The lowest BCUT2D eigenvalue weighted by atomic mass is 10.1. The van der Waals surface area contributed by atoms with Gasteiger partial charge in [-0.05, 0) is 33.6 Å². The highest BCUT2D eigenvalue weighted by Gasteiger charge is 2.35. The van der Waals surface area contributed by atoms with Crippen molar-refractivity contribution in [3.63, 3.8) is 0 Å². The summed E-state index contributed by atoms with van der Waals surface area (Å²) in [5.41, 5.74) is -0.155. The summed E-state index contributed by atoms with van der Waals surface area (Å²) in [6.07, 6.45) is 1.67. The van der Waals surface area contributed by atoms with Crippen molar-refractivity contribution in [3.8, 4) is 6.07 Å². The van der Waals surface area contributed by atoms with Crippen LogP contribution in [0.15, 0.2) is 0 Å². The van der Waals surface area contributed by atoms with Gasteiger partial charge in [-0.1, -0.05) is 0 Å². The minimum absolute atomic E-state index is 0.0295. The van der Waals surface area contributed by atoms with E-state index < -0.39 is 11.9 Å². The molecule has 11 nitrogen and oxygen atoms in total. The molecule has 0 bridgehead atoms. The first-order chi connectivity index (χ1) is 13.5. The maximum atomic E-state index is 12.3. The lowest BCUT2D eigenvalue weighted by Gasteiger charge is -2.31. The summed E-state index contributed by atoms with van der Waals surface area (Å²) in [7, 11) is 0. The number of amides is 3. The number of rotatable bonds is 5. The first-order valence-electron chi connectivity index (χ1n) is 9.41. The Balaban J connectivity index is 0.000000612. The van der Waals surface area contributed by atoms with Crippen LogP contribution in [0, 0.1) is 11.3 Å². The lowest BCUT2D eigenvalue weighted by Crippen LogP contribution is -2.46. The number of nitriles is 1. The van der Waals surface area contributed by atoms with E-state index in [0.29, 0.717) is 19.6 Å². The molecule has 11 heteroatoms. The number of nitrogens with one attached hydrogen (secondary N) is 1. The van der Waals surface area contributed by atoms with Crippen LogP contribution in [-0.2, 0) is 14.4 Å². The number of urea groups is 1. The van der Waals surface area contributed by atoms with Gasteiger partial charge in [-0.3, -0.25) is 4.79 Å². The van der Waals surface area contributed by atoms with E-state index >= 15 is 0 Å². The third-order valence-corrected chi connectivity index (χ3v) is 4.64. The number of carbonyl (C=O) groups excluding carboxylic acids is 2. The van der Waals surface area contributed by atoms with Crippen LogP contribution < -0.4 is 5.32 Å². The van der Waals surface area contributed by atoms with E-state index in [9.17, 15) is 9.59 Å². The molecule has 29 heavy (non-hydrogen) atoms. The fourth-order valence-corrected chi connectivity index (χ4v) is 3.12. The molecule has 3 amide bonds. The minimum Gasteiger partial charge on any atom is -0.473 e. The third kappa shape index (κ3) is 7.23. The van der Waals surface area contributed by atoms with Crippen LogP contribution >= 0.6 is 0 Å². The molecule has 0 saturated carbocycles. The van der Waals surface area contributed by atoms with Crippen LogP contribution in [0.4, 0.5) is 4.79 Å². The molecule has 2 aliphatic rings. The standard InChI is InChI=1S/C16H27N5O2.C2H2O4/c1-16(2,3)21-10-9-19(15(21)23)8-6-18-12-14(22)20-7-4-5-13(20)11-17;3-1(4)2(5)6/h13,18H,4-10,12H2,1-3H3;(H,3,4)(H,5,6)/t13-;/m0./s1. The van der Waals surface area contributed by atoms with Crippen molar-refractivity contribution < 1.29 is 29.4 Å². The summed E-state index contributed by atoms with van der Waals surface area (Å²) in [6.45, 7) is 9.66. The second-order valence-corrected chi connectivity index (χ2v) is 7.75. The van der Waals surface area contributed by atoms with Crippen molar-refractivity contribution >= 4 is 23.9 Å². The average molecular weight is 411 g/mol. The molecule has 0 radical (unpaired) electrons. The van der Waals surface area contributed by atoms with Crippen LogP contribution in [0.2, 0.25) is 0 Å². The molecule has 0 unspecified atom stereocenters. The first kappa shape index (κ1) is 24.2. The van der Waals surface area contributed by atoms with Crippen LogP contribution in [0.25, 0.3) is 0 Å². The third-order valence-electron chi connectivity index (χ3n) is 4.64. The minimum atomic E-state index is -1.82. The van der Waals surface area contributed by atoms with E-state index in [1.165, 1.54) is 0 Å². The Bertz CT molecular complexity index is 657. The van der Waals surface area contributed by atoms with Crippen molar-refractivity contribution in [1.82, 2.24) is 20.0 Å². The first-order valence-corrected chi connectivity index (χ1v) is 9.41. The molecule has 0 aliphatic carbocycles. The predicted octanol–water partition coefficient (Wildman–Crippen LogP) is -0.218. The fraction of sp³-hybridized carbons (Fsp3) is 0.722. The van der Waals surface area contributed by atoms with Gasteiger partial charge < -0.3 is 30.2 Å². The van der Waals surface area contributed by atoms with Crippen LogP contribution in [0.1, 0.15) is 33.6 Å². The summed E-state index contributed by atoms with van der Waals surface area (Å²) in [5, 5.41) is 26.9. The highest BCUT2D eigenvalue weighted by Crippen LogP contribution is 2.20. The highest BCUT2D eigenvalue weighted by molar-refractivity contribution is 6.27. The second kappa shape index (κ2) is 10.6. The van der Waals surface area contributed by atoms with Gasteiger partial charge in [-0.15, -0.1) is 0 Å². The monoisotopic (exact) mass is 411 g/mol. The molecule has 3 N–H and O–H groups in total. The Morgan fingerprint density at radius 3 is 2.28 bits per heavy atom. The number of carboxylic acid groups (broad SMARTS) is 2. The summed E-state index contributed by atoms with van der Waals surface area (Å²) >= 11 is 0. The summed E-state index contributed by atoms with van der Waals surface area (Å²) < 4.78 is 0. The second-order valence-electron chi connectivity index (χ2n) is 7.75. The number of hydrogen-bond acceptors (Lipinski definition) is 6. The molecule has 0 aromatic rings. The number of carbonyl (C=O) groups is 4. The summed E-state index contributed by atoms with van der Waals surface area (Å²) in [6, 6.07) is 1.96. The number of nitrogens with zero attached hydrogens (tertiary/aromatic N) is 4. The van der Waals surface area contributed by atoms with E-state index in [1.54, 1.807) is 4.90 Å². The molecule has 1 atom stereocenters. The molecule has 2 aliphatic heterocycles. The van der Waals surface area contributed by atoms with E-state index in [4.69, 9.17) is 25.1 Å². The fourth-order valence-electron chi connectivity index (χ4n) is 3.12. The number of likely N-dealkylation sites (tertiary alicyclic amines) is 1. The normalized spacial score (nSPS) is 18.9. The summed E-state index contributed by atoms with van der Waals surface area (Å²) in [4.78, 5) is 47.9. The van der Waals surface area contributed by atoms with Gasteiger partial charge in [0.15, 0.2) is 0 Å². The molecular weight excluding hydrogens is 382 g/mol. The molecular formula is C18H29N5O6. The topological polar surface area (TPSA) is 154 Å². The SMILES string of the molecule is CC(C)(C)N1CCN(CCNCC(=O)N2CCC[C@H]2C#N)C1=O.O=C(O)C(=O)O. The van der Waals surface area contributed by atoms with Gasteiger partial charge in [0.2, 0.25) is 5.91 Å². The quantitative estimate of drug-likeness (QED) is 0.414. The number of hydrogen-bond donors (Lipinski definition) is 3. The Hall–Kier alpha value is -2.87. The van der Waals surface area contributed by atoms with Gasteiger partial charge in [0.05, 0.1) is 12.6 Å².